The van der Waals surface area contributed by atoms with Crippen molar-refractivity contribution in [3.63, 3.8) is 0 Å². The van der Waals surface area contributed by atoms with Crippen molar-refractivity contribution in [3.05, 3.63) is 82.3 Å². The number of hydrogen-bond acceptors (Lipinski definition) is 6. The smallest absolute Gasteiger partial charge is 0.264 e. The second-order valence-corrected chi connectivity index (χ2v) is 9.58. The number of nitrogens with one attached hydrogen (secondary N) is 1. The molecule has 0 saturated heterocycles. The normalized spacial score (nSPS) is 16.4. The topological polar surface area (TPSA) is 77.1 Å². The molecule has 0 aromatic heterocycles. The summed E-state index contributed by atoms with van der Waals surface area (Å²) in [5, 5.41) is 3.04. The number of rotatable bonds is 5. The molecule has 1 atom stereocenters. The molecule has 2 aliphatic rings. The molecule has 2 amide bonds. The van der Waals surface area contributed by atoms with Crippen LogP contribution in [0.5, 0.6) is 17.2 Å². The van der Waals surface area contributed by atoms with Crippen molar-refractivity contribution in [3.8, 4) is 17.2 Å². The summed E-state index contributed by atoms with van der Waals surface area (Å²) in [5.41, 5.74) is 2.92. The molecule has 0 bridgehead atoms. The summed E-state index contributed by atoms with van der Waals surface area (Å²) in [7, 11) is 3.33. The van der Waals surface area contributed by atoms with Gasteiger partial charge in [-0.25, -0.2) is 0 Å². The fraction of sp³-hybridized carbons (Fsp3) is 0.214. The Morgan fingerprint density at radius 3 is 2.67 bits per heavy atom. The largest absolute Gasteiger partial charge is 0.496 e. The van der Waals surface area contributed by atoms with Gasteiger partial charge in [0.25, 0.3) is 11.8 Å². The van der Waals surface area contributed by atoms with Gasteiger partial charge in [0.05, 0.1) is 23.7 Å². The molecular weight excluding hydrogens is 476 g/mol. The Morgan fingerprint density at radius 1 is 1.08 bits per heavy atom. The summed E-state index contributed by atoms with van der Waals surface area (Å²) in [6, 6.07) is 18.4. The van der Waals surface area contributed by atoms with Gasteiger partial charge in [-0.1, -0.05) is 36.0 Å². The van der Waals surface area contributed by atoms with Crippen molar-refractivity contribution in [2.24, 2.45) is 0 Å². The summed E-state index contributed by atoms with van der Waals surface area (Å²) >= 11 is 1.38. The van der Waals surface area contributed by atoms with Crippen molar-refractivity contribution < 1.29 is 23.8 Å². The highest BCUT2D eigenvalue weighted by Gasteiger charge is 2.28. The Hall–Kier alpha value is -3.91. The fourth-order valence-electron chi connectivity index (χ4n) is 4.15. The number of anilines is 1. The molecule has 1 unspecified atom stereocenters. The van der Waals surface area contributed by atoms with E-state index in [0.29, 0.717) is 46.6 Å². The maximum absolute atomic E-state index is 13.1. The third-order valence-electron chi connectivity index (χ3n) is 6.16. The second kappa shape index (κ2) is 9.99. The van der Waals surface area contributed by atoms with E-state index in [4.69, 9.17) is 14.2 Å². The molecule has 0 saturated carbocycles. The van der Waals surface area contributed by atoms with Gasteiger partial charge in [0.1, 0.15) is 19.0 Å². The molecule has 3 aromatic carbocycles. The van der Waals surface area contributed by atoms with Crippen molar-refractivity contribution in [1.82, 2.24) is 5.32 Å². The fourth-order valence-corrected chi connectivity index (χ4v) is 5.24. The summed E-state index contributed by atoms with van der Waals surface area (Å²) in [5.74, 6) is 1.73. The molecule has 7 nitrogen and oxygen atoms in total. The lowest BCUT2D eigenvalue weighted by Crippen LogP contribution is -2.31. The standard InChI is InChI=1S/C28H26N2O5S/c1-17(18-8-10-23-24(15-18)35-13-12-34-23)29-27(31)20-9-11-25-21(14-20)30(2)28(32)26(36-25)16-19-6-4-5-7-22(19)33-3/h4-11,14-17H,12-13H2,1-3H3,(H,29,31)/b26-16+. The lowest BCUT2D eigenvalue weighted by Gasteiger charge is -2.27. The molecule has 0 radical (unpaired) electrons. The first-order valence-corrected chi connectivity index (χ1v) is 12.4. The quantitative estimate of drug-likeness (QED) is 0.491. The molecule has 0 fully saturated rings. The summed E-state index contributed by atoms with van der Waals surface area (Å²) in [6.45, 7) is 2.96. The third-order valence-corrected chi connectivity index (χ3v) is 7.23. The van der Waals surface area contributed by atoms with Crippen LogP contribution in [0.3, 0.4) is 0 Å². The number of thioether (sulfide) groups is 1. The number of nitrogens with zero attached hydrogens (tertiary/aromatic N) is 1. The van der Waals surface area contributed by atoms with Crippen molar-refractivity contribution in [1.29, 1.82) is 0 Å². The van der Waals surface area contributed by atoms with Gasteiger partial charge in [0, 0.05) is 23.1 Å². The summed E-state index contributed by atoms with van der Waals surface area (Å²) in [4.78, 5) is 29.2. The van der Waals surface area contributed by atoms with Crippen LogP contribution in [0, 0.1) is 0 Å². The Kier molecular flexibility index (Phi) is 6.61. The number of carbonyl (C=O) groups is 2. The first-order valence-electron chi connectivity index (χ1n) is 11.6. The van der Waals surface area contributed by atoms with E-state index in [1.807, 2.05) is 61.5 Å². The van der Waals surface area contributed by atoms with Gasteiger partial charge in [0.2, 0.25) is 0 Å². The molecular formula is C28H26N2O5S. The molecule has 3 aromatic rings. The number of amides is 2. The van der Waals surface area contributed by atoms with Gasteiger partial charge in [-0.05, 0) is 55.0 Å². The zero-order chi connectivity index (χ0) is 25.2. The van der Waals surface area contributed by atoms with Crippen LogP contribution in [0.4, 0.5) is 5.69 Å². The Balaban J connectivity index is 1.35. The van der Waals surface area contributed by atoms with Crippen LogP contribution >= 0.6 is 11.8 Å². The number of likely N-dealkylation sites (N-methyl/N-ethyl adjacent to an activating group) is 1. The van der Waals surface area contributed by atoms with Crippen molar-refractivity contribution in [2.75, 3.05) is 32.3 Å². The Bertz CT molecular complexity index is 1370. The van der Waals surface area contributed by atoms with E-state index in [0.717, 1.165) is 16.0 Å². The van der Waals surface area contributed by atoms with E-state index in [1.165, 1.54) is 11.8 Å². The number of para-hydroxylation sites is 1. The second-order valence-electron chi connectivity index (χ2n) is 8.50. The number of hydrogen-bond donors (Lipinski definition) is 1. The predicted octanol–water partition coefficient (Wildman–Crippen LogP) is 5.07. The van der Waals surface area contributed by atoms with Crippen LogP contribution in [0.25, 0.3) is 6.08 Å². The monoisotopic (exact) mass is 502 g/mol. The Morgan fingerprint density at radius 2 is 1.86 bits per heavy atom. The highest BCUT2D eigenvalue weighted by Crippen LogP contribution is 2.42. The van der Waals surface area contributed by atoms with Crippen LogP contribution in [0.2, 0.25) is 0 Å². The molecule has 0 aliphatic carbocycles. The van der Waals surface area contributed by atoms with Gasteiger partial charge < -0.3 is 24.4 Å². The van der Waals surface area contributed by atoms with Crippen LogP contribution in [-0.4, -0.2) is 39.2 Å². The number of fused-ring (bicyclic) bond motifs is 2. The molecule has 5 rings (SSSR count). The van der Waals surface area contributed by atoms with E-state index < -0.39 is 0 Å². The SMILES string of the molecule is COc1ccccc1/C=C1/Sc2ccc(C(=O)NC(C)c3ccc4c(c3)OCCO4)cc2N(C)C1=O. The first-order chi connectivity index (χ1) is 17.4. The van der Waals surface area contributed by atoms with Crippen LogP contribution in [-0.2, 0) is 4.79 Å². The van der Waals surface area contributed by atoms with E-state index >= 15 is 0 Å². The predicted molar refractivity (Wildman–Crippen MR) is 140 cm³/mol. The van der Waals surface area contributed by atoms with E-state index in [2.05, 4.69) is 5.32 Å². The lowest BCUT2D eigenvalue weighted by molar-refractivity contribution is -0.114. The molecule has 2 heterocycles. The van der Waals surface area contributed by atoms with Crippen molar-refractivity contribution >= 4 is 35.3 Å². The minimum Gasteiger partial charge on any atom is -0.496 e. The van der Waals surface area contributed by atoms with Gasteiger partial charge in [0.15, 0.2) is 11.5 Å². The number of carbonyl (C=O) groups excluding carboxylic acids is 2. The van der Waals surface area contributed by atoms with Gasteiger partial charge in [-0.15, -0.1) is 0 Å². The van der Waals surface area contributed by atoms with E-state index in [-0.39, 0.29) is 17.9 Å². The average Bonchev–Trinajstić information content (AvgIpc) is 2.91. The van der Waals surface area contributed by atoms with Gasteiger partial charge in [-0.2, -0.15) is 0 Å². The maximum atomic E-state index is 13.1. The molecule has 36 heavy (non-hydrogen) atoms. The zero-order valence-electron chi connectivity index (χ0n) is 20.2. The molecule has 184 valence electrons. The zero-order valence-corrected chi connectivity index (χ0v) is 21.1. The van der Waals surface area contributed by atoms with Crippen LogP contribution < -0.4 is 24.4 Å². The minimum absolute atomic E-state index is 0.138. The van der Waals surface area contributed by atoms with E-state index in [1.54, 1.807) is 31.2 Å². The van der Waals surface area contributed by atoms with Gasteiger partial charge >= 0.3 is 0 Å². The maximum Gasteiger partial charge on any atom is 0.264 e. The van der Waals surface area contributed by atoms with Crippen LogP contribution in [0.15, 0.2) is 70.5 Å². The number of ether oxygens (including phenoxy) is 3. The average molecular weight is 503 g/mol. The van der Waals surface area contributed by atoms with Crippen molar-refractivity contribution in [2.45, 2.75) is 17.9 Å². The summed E-state index contributed by atoms with van der Waals surface area (Å²) in [6.07, 6.45) is 1.83. The highest BCUT2D eigenvalue weighted by atomic mass is 32.2. The molecule has 8 heteroatoms. The van der Waals surface area contributed by atoms with Gasteiger partial charge in [-0.3, -0.25) is 9.59 Å². The first kappa shape index (κ1) is 23.8. The minimum atomic E-state index is -0.242. The molecule has 2 aliphatic heterocycles. The third kappa shape index (κ3) is 4.64. The lowest BCUT2D eigenvalue weighted by atomic mass is 10.1. The Labute approximate surface area is 214 Å². The highest BCUT2D eigenvalue weighted by molar-refractivity contribution is 8.04. The number of benzene rings is 3. The summed E-state index contributed by atoms with van der Waals surface area (Å²) < 4.78 is 16.6. The van der Waals surface area contributed by atoms with E-state index in [9.17, 15) is 9.59 Å². The number of methoxy groups -OCH3 is 1. The molecule has 1 N–H and O–H groups in total. The molecule has 0 spiro atoms. The van der Waals surface area contributed by atoms with Crippen LogP contribution in [0.1, 0.15) is 34.5 Å².